The van der Waals surface area contributed by atoms with Crippen molar-refractivity contribution in [2.45, 2.75) is 0 Å². The molecule has 1 heterocycles. The predicted molar refractivity (Wildman–Crippen MR) is 64.1 cm³/mol. The van der Waals surface area contributed by atoms with Crippen molar-refractivity contribution in [2.75, 3.05) is 5.75 Å². The molecule has 0 aromatic heterocycles. The summed E-state index contributed by atoms with van der Waals surface area (Å²) in [4.78, 5) is 11.8. The van der Waals surface area contributed by atoms with Gasteiger partial charge in [0.2, 0.25) is 0 Å². The molecule has 1 aliphatic heterocycles. The Morgan fingerprint density at radius 2 is 1.73 bits per heavy atom. The molecule has 2 nitrogen and oxygen atoms in total. The Kier molecular flexibility index (Phi) is 2.75. The van der Waals surface area contributed by atoms with Crippen LogP contribution >= 0.6 is 10.3 Å². The highest BCUT2D eigenvalue weighted by Crippen LogP contribution is 2.49. The zero-order chi connectivity index (χ0) is 10.7. The Morgan fingerprint density at radius 1 is 1.13 bits per heavy atom. The van der Waals surface area contributed by atoms with E-state index in [9.17, 15) is 9.35 Å². The van der Waals surface area contributed by atoms with Gasteiger partial charge in [0.15, 0.2) is 5.78 Å². The molecule has 0 aliphatic carbocycles. The van der Waals surface area contributed by atoms with E-state index < -0.39 is 10.3 Å². The van der Waals surface area contributed by atoms with Crippen LogP contribution in [0.1, 0.15) is 10.4 Å². The first-order chi connectivity index (χ1) is 7.20. The Hall–Kier alpha value is -1.32. The summed E-state index contributed by atoms with van der Waals surface area (Å²) in [5.74, 6) is 0.175. The summed E-state index contributed by atoms with van der Waals surface area (Å²) in [5, 5.41) is 3.43. The molecule has 0 fully saturated rings. The van der Waals surface area contributed by atoms with E-state index >= 15 is 0 Å². The van der Waals surface area contributed by atoms with Gasteiger partial charge in [-0.3, -0.25) is 4.79 Å². The van der Waals surface area contributed by atoms with Crippen molar-refractivity contribution >= 4 is 16.1 Å². The van der Waals surface area contributed by atoms with Gasteiger partial charge in [-0.1, -0.05) is 52.8 Å². The summed E-state index contributed by atoms with van der Waals surface area (Å²) in [6.45, 7) is 0. The maximum atomic E-state index is 11.8. The molecule has 15 heavy (non-hydrogen) atoms. The number of benzene rings is 1. The number of rotatable bonds is 3. The second-order valence-corrected chi connectivity index (χ2v) is 5.85. The minimum atomic E-state index is -1.96. The predicted octanol–water partition coefficient (Wildman–Crippen LogP) is 3.19. The minimum Gasteiger partial charge on any atom is -0.344 e. The van der Waals surface area contributed by atoms with E-state index in [2.05, 4.69) is 0 Å². The highest BCUT2D eigenvalue weighted by atomic mass is 32.3. The third kappa shape index (κ3) is 2.37. The fraction of sp³-hybridized carbons (Fsp3) is 0.0833. The molecule has 0 radical (unpaired) electrons. The van der Waals surface area contributed by atoms with Crippen LogP contribution in [0.3, 0.4) is 0 Å². The molecular weight excluding hydrogens is 208 g/mol. The summed E-state index contributed by atoms with van der Waals surface area (Å²) >= 11 is 0. The lowest BCUT2D eigenvalue weighted by molar-refractivity contribution is 0.102. The van der Waals surface area contributed by atoms with Gasteiger partial charge >= 0.3 is 0 Å². The number of Topliss-reactive ketones (excluding diaryl/α,β-unsaturated/α-hetero) is 1. The lowest BCUT2D eigenvalue weighted by Gasteiger charge is -2.22. The van der Waals surface area contributed by atoms with Gasteiger partial charge in [0.25, 0.3) is 0 Å². The van der Waals surface area contributed by atoms with Gasteiger partial charge in [0.05, 0.1) is 5.75 Å². The summed E-state index contributed by atoms with van der Waals surface area (Å²) in [7, 11) is -1.96. The summed E-state index contributed by atoms with van der Waals surface area (Å²) < 4.78 is 10.0. The Morgan fingerprint density at radius 3 is 2.33 bits per heavy atom. The molecule has 2 rings (SSSR count). The van der Waals surface area contributed by atoms with E-state index in [1.54, 1.807) is 35.1 Å². The highest BCUT2D eigenvalue weighted by molar-refractivity contribution is 8.34. The smallest absolute Gasteiger partial charge is 0.173 e. The van der Waals surface area contributed by atoms with Crippen LogP contribution in [0, 0.1) is 0 Å². The molecule has 1 aliphatic rings. The van der Waals surface area contributed by atoms with E-state index in [0.717, 1.165) is 0 Å². The molecule has 1 aromatic carbocycles. The van der Waals surface area contributed by atoms with Crippen LogP contribution in [0.5, 0.6) is 0 Å². The number of hydrogen-bond acceptors (Lipinski definition) is 2. The average molecular weight is 220 g/mol. The standard InChI is InChI=1S/C12H12O2S/c13-12(11-6-2-1-3-7-11)10-15(14)8-4-5-9-15/h1-9,14H,10H2. The largest absolute Gasteiger partial charge is 0.344 e. The zero-order valence-corrected chi connectivity index (χ0v) is 8.98. The molecule has 0 bridgehead atoms. The lowest BCUT2D eigenvalue weighted by atomic mass is 10.2. The van der Waals surface area contributed by atoms with Gasteiger partial charge < -0.3 is 4.55 Å². The van der Waals surface area contributed by atoms with Crippen LogP contribution in [-0.4, -0.2) is 16.1 Å². The van der Waals surface area contributed by atoms with Gasteiger partial charge in [-0.2, -0.15) is 0 Å². The number of carbonyl (C=O) groups excluding carboxylic acids is 1. The van der Waals surface area contributed by atoms with Crippen molar-refractivity contribution in [3.05, 3.63) is 58.9 Å². The first kappa shape index (κ1) is 10.2. The quantitative estimate of drug-likeness (QED) is 0.794. The Labute approximate surface area is 90.5 Å². The topological polar surface area (TPSA) is 37.3 Å². The summed E-state index contributed by atoms with van der Waals surface area (Å²) in [5.41, 5.74) is 0.659. The second kappa shape index (κ2) is 4.04. The van der Waals surface area contributed by atoms with Crippen molar-refractivity contribution in [2.24, 2.45) is 0 Å². The molecule has 0 amide bonds. The third-order valence-corrected chi connectivity index (χ3v) is 4.18. The van der Waals surface area contributed by atoms with E-state index in [-0.39, 0.29) is 11.5 Å². The van der Waals surface area contributed by atoms with E-state index in [1.807, 2.05) is 18.2 Å². The summed E-state index contributed by atoms with van der Waals surface area (Å²) in [6, 6.07) is 9.06. The number of ketones is 1. The van der Waals surface area contributed by atoms with E-state index in [1.165, 1.54) is 0 Å². The van der Waals surface area contributed by atoms with Crippen LogP contribution in [0.2, 0.25) is 0 Å². The van der Waals surface area contributed by atoms with Gasteiger partial charge in [-0.15, -0.1) is 0 Å². The molecular formula is C12H12O2S. The monoisotopic (exact) mass is 220 g/mol. The molecule has 3 heteroatoms. The van der Waals surface area contributed by atoms with Crippen LogP contribution in [0.25, 0.3) is 0 Å². The zero-order valence-electron chi connectivity index (χ0n) is 8.17. The molecule has 0 spiro atoms. The number of allylic oxidation sites excluding steroid dienone is 2. The second-order valence-electron chi connectivity index (χ2n) is 3.40. The summed E-state index contributed by atoms with van der Waals surface area (Å²) in [6.07, 6.45) is 3.57. The third-order valence-electron chi connectivity index (χ3n) is 2.20. The molecule has 0 saturated heterocycles. The van der Waals surface area contributed by atoms with Crippen LogP contribution in [-0.2, 0) is 0 Å². The van der Waals surface area contributed by atoms with Crippen molar-refractivity contribution in [1.82, 2.24) is 0 Å². The maximum Gasteiger partial charge on any atom is 0.173 e. The first-order valence-corrected chi connectivity index (χ1v) is 6.55. The molecule has 0 atom stereocenters. The first-order valence-electron chi connectivity index (χ1n) is 4.66. The maximum absolute atomic E-state index is 11.8. The Bertz CT molecular complexity index is 409. The SMILES string of the molecule is O=C(CS1(O)C=CC=C1)c1ccccc1. The van der Waals surface area contributed by atoms with Crippen LogP contribution in [0.15, 0.2) is 53.3 Å². The van der Waals surface area contributed by atoms with Crippen LogP contribution in [0.4, 0.5) is 0 Å². The van der Waals surface area contributed by atoms with Gasteiger partial charge in [0.1, 0.15) is 0 Å². The van der Waals surface area contributed by atoms with E-state index in [4.69, 9.17) is 0 Å². The number of carbonyl (C=O) groups is 1. The molecule has 1 aromatic rings. The molecule has 0 unspecified atom stereocenters. The fourth-order valence-electron chi connectivity index (χ4n) is 1.42. The fourth-order valence-corrected chi connectivity index (χ4v) is 3.02. The van der Waals surface area contributed by atoms with Crippen molar-refractivity contribution in [3.8, 4) is 0 Å². The Balaban J connectivity index is 2.11. The van der Waals surface area contributed by atoms with E-state index in [0.29, 0.717) is 5.56 Å². The molecule has 1 N–H and O–H groups in total. The normalized spacial score (nSPS) is 19.0. The average Bonchev–Trinajstić information content (AvgIpc) is 2.66. The van der Waals surface area contributed by atoms with Crippen LogP contribution < -0.4 is 0 Å². The van der Waals surface area contributed by atoms with Crippen molar-refractivity contribution in [1.29, 1.82) is 0 Å². The highest BCUT2D eigenvalue weighted by Gasteiger charge is 2.21. The lowest BCUT2D eigenvalue weighted by Crippen LogP contribution is -2.09. The van der Waals surface area contributed by atoms with Gasteiger partial charge in [-0.25, -0.2) is 0 Å². The van der Waals surface area contributed by atoms with Crippen molar-refractivity contribution in [3.63, 3.8) is 0 Å². The number of hydrogen-bond donors (Lipinski definition) is 1. The molecule has 0 saturated carbocycles. The minimum absolute atomic E-state index is 0.00991. The van der Waals surface area contributed by atoms with Crippen molar-refractivity contribution < 1.29 is 9.35 Å². The molecule has 78 valence electrons. The van der Waals surface area contributed by atoms with Gasteiger partial charge in [-0.05, 0) is 10.8 Å². The van der Waals surface area contributed by atoms with Gasteiger partial charge in [0, 0.05) is 5.56 Å².